The topological polar surface area (TPSA) is 73.8 Å². The molecule has 158 valence electrons. The van der Waals surface area contributed by atoms with Crippen LogP contribution in [0.15, 0.2) is 52.9 Å². The van der Waals surface area contributed by atoms with Crippen molar-refractivity contribution in [3.8, 4) is 16.4 Å². The number of benzene rings is 2. The van der Waals surface area contributed by atoms with E-state index >= 15 is 0 Å². The van der Waals surface area contributed by atoms with Crippen molar-refractivity contribution in [2.24, 2.45) is 0 Å². The van der Waals surface area contributed by atoms with Crippen LogP contribution in [0.25, 0.3) is 16.4 Å². The van der Waals surface area contributed by atoms with Crippen LogP contribution in [-0.4, -0.2) is 25.9 Å². The summed E-state index contributed by atoms with van der Waals surface area (Å²) in [5.41, 5.74) is 4.16. The minimum absolute atomic E-state index is 0.107. The molecule has 0 atom stereocenters. The van der Waals surface area contributed by atoms with Gasteiger partial charge in [0, 0.05) is 29.8 Å². The monoisotopic (exact) mass is 490 g/mol. The third-order valence-electron chi connectivity index (χ3n) is 4.73. The van der Waals surface area contributed by atoms with Crippen LogP contribution in [0.2, 0.25) is 10.0 Å². The number of hydrogen-bond acceptors (Lipinski definition) is 6. The molecule has 2 aromatic heterocycles. The van der Waals surface area contributed by atoms with Gasteiger partial charge in [0.2, 0.25) is 5.13 Å². The van der Waals surface area contributed by atoms with E-state index in [2.05, 4.69) is 5.10 Å². The SMILES string of the molecule is CSc1sc(-n2cc(Cc3ccccc3[N+](=O)[O-])c(C)n2)nc1-c1ccc(Cl)c(Cl)c1. The van der Waals surface area contributed by atoms with Crippen molar-refractivity contribution in [2.75, 3.05) is 6.26 Å². The molecule has 0 saturated carbocycles. The lowest BCUT2D eigenvalue weighted by Crippen LogP contribution is -1.96. The van der Waals surface area contributed by atoms with E-state index in [9.17, 15) is 10.1 Å². The number of halogens is 2. The average Bonchev–Trinajstić information content (AvgIpc) is 3.34. The molecule has 4 aromatic rings. The van der Waals surface area contributed by atoms with Gasteiger partial charge in [0.05, 0.1) is 30.6 Å². The molecule has 0 amide bonds. The van der Waals surface area contributed by atoms with Crippen molar-refractivity contribution in [1.82, 2.24) is 14.8 Å². The van der Waals surface area contributed by atoms with E-state index in [0.29, 0.717) is 27.2 Å². The van der Waals surface area contributed by atoms with Crippen molar-refractivity contribution >= 4 is 52.0 Å². The standard InChI is InChI=1S/C21H16Cl2N4O2S2/c1-12-15(9-13-5-3-4-6-18(13)27(28)29)11-26(25-12)21-24-19(20(30-2)31-21)14-7-8-16(22)17(23)10-14/h3-8,10-11H,9H2,1-2H3. The first-order chi connectivity index (χ1) is 14.9. The van der Waals surface area contributed by atoms with Crippen molar-refractivity contribution < 1.29 is 4.92 Å². The van der Waals surface area contributed by atoms with Crippen molar-refractivity contribution in [1.29, 1.82) is 0 Å². The Bertz CT molecular complexity index is 1290. The molecule has 0 unspecified atom stereocenters. The van der Waals surface area contributed by atoms with Gasteiger partial charge in [0.1, 0.15) is 0 Å². The van der Waals surface area contributed by atoms with Crippen molar-refractivity contribution in [3.63, 3.8) is 0 Å². The van der Waals surface area contributed by atoms with E-state index in [-0.39, 0.29) is 10.6 Å². The van der Waals surface area contributed by atoms with Crippen LogP contribution >= 0.6 is 46.3 Å². The largest absolute Gasteiger partial charge is 0.272 e. The van der Waals surface area contributed by atoms with Gasteiger partial charge in [0.25, 0.3) is 5.69 Å². The molecule has 0 aliphatic heterocycles. The molecule has 0 bridgehead atoms. The van der Waals surface area contributed by atoms with Crippen LogP contribution in [0.5, 0.6) is 0 Å². The second-order valence-corrected chi connectivity index (χ2v) is 9.58. The van der Waals surface area contributed by atoms with E-state index in [4.69, 9.17) is 28.2 Å². The summed E-state index contributed by atoms with van der Waals surface area (Å²) in [6.45, 7) is 1.89. The highest BCUT2D eigenvalue weighted by Crippen LogP contribution is 2.38. The molecule has 6 nitrogen and oxygen atoms in total. The Morgan fingerprint density at radius 3 is 2.65 bits per heavy atom. The molecule has 2 aromatic carbocycles. The molecule has 0 radical (unpaired) electrons. The molecule has 31 heavy (non-hydrogen) atoms. The maximum atomic E-state index is 11.3. The molecule has 2 heterocycles. The number of hydrogen-bond donors (Lipinski definition) is 0. The predicted molar refractivity (Wildman–Crippen MR) is 127 cm³/mol. The van der Waals surface area contributed by atoms with E-state index in [1.807, 2.05) is 25.4 Å². The fourth-order valence-corrected chi connectivity index (χ4v) is 5.13. The Morgan fingerprint density at radius 1 is 1.16 bits per heavy atom. The highest BCUT2D eigenvalue weighted by Gasteiger charge is 2.19. The summed E-state index contributed by atoms with van der Waals surface area (Å²) >= 11 is 15.4. The van der Waals surface area contributed by atoms with Crippen LogP contribution in [-0.2, 0) is 6.42 Å². The molecule has 10 heteroatoms. The van der Waals surface area contributed by atoms with E-state index in [0.717, 1.165) is 26.7 Å². The highest BCUT2D eigenvalue weighted by atomic mass is 35.5. The third-order valence-corrected chi connectivity index (χ3v) is 7.62. The van der Waals surface area contributed by atoms with Gasteiger partial charge < -0.3 is 0 Å². The number of nitro groups is 1. The van der Waals surface area contributed by atoms with Gasteiger partial charge in [0.15, 0.2) is 0 Å². The minimum atomic E-state index is -0.357. The lowest BCUT2D eigenvalue weighted by molar-refractivity contribution is -0.385. The van der Waals surface area contributed by atoms with Gasteiger partial charge in [-0.25, -0.2) is 9.67 Å². The van der Waals surface area contributed by atoms with Crippen LogP contribution < -0.4 is 0 Å². The van der Waals surface area contributed by atoms with Crippen molar-refractivity contribution in [3.05, 3.63) is 85.6 Å². The van der Waals surface area contributed by atoms with Crippen LogP contribution in [0.1, 0.15) is 16.8 Å². The Balaban J connectivity index is 1.70. The van der Waals surface area contributed by atoms with Gasteiger partial charge in [-0.1, -0.05) is 58.8 Å². The molecule has 0 spiro atoms. The summed E-state index contributed by atoms with van der Waals surface area (Å²) in [7, 11) is 0. The number of aromatic nitrogens is 3. The summed E-state index contributed by atoms with van der Waals surface area (Å²) in [4.78, 5) is 15.8. The van der Waals surface area contributed by atoms with Gasteiger partial charge in [-0.3, -0.25) is 10.1 Å². The Kier molecular flexibility index (Phi) is 6.34. The number of rotatable bonds is 6. The second kappa shape index (κ2) is 9.00. The van der Waals surface area contributed by atoms with Crippen LogP contribution in [0.3, 0.4) is 0 Å². The summed E-state index contributed by atoms with van der Waals surface area (Å²) in [5, 5.41) is 17.6. The first-order valence-corrected chi connectivity index (χ1v) is 11.9. The Morgan fingerprint density at radius 2 is 1.94 bits per heavy atom. The first-order valence-electron chi connectivity index (χ1n) is 9.15. The number of para-hydroxylation sites is 1. The van der Waals surface area contributed by atoms with Crippen molar-refractivity contribution in [2.45, 2.75) is 17.6 Å². The normalized spacial score (nSPS) is 11.1. The molecular formula is C21H16Cl2N4O2S2. The fourth-order valence-electron chi connectivity index (χ4n) is 3.17. The zero-order valence-electron chi connectivity index (χ0n) is 16.5. The fraction of sp³-hybridized carbons (Fsp3) is 0.143. The number of nitro benzene ring substituents is 1. The summed E-state index contributed by atoms with van der Waals surface area (Å²) in [6, 6.07) is 12.2. The van der Waals surface area contributed by atoms with Crippen LogP contribution in [0.4, 0.5) is 5.69 Å². The molecule has 0 saturated heterocycles. The lowest BCUT2D eigenvalue weighted by atomic mass is 10.0. The molecule has 0 N–H and O–H groups in total. The minimum Gasteiger partial charge on any atom is -0.258 e. The predicted octanol–water partition coefficient (Wildman–Crippen LogP) is 6.83. The van der Waals surface area contributed by atoms with E-state index < -0.39 is 0 Å². The maximum absolute atomic E-state index is 11.3. The zero-order chi connectivity index (χ0) is 22.1. The third kappa shape index (κ3) is 4.48. The van der Waals surface area contributed by atoms with E-state index in [1.54, 1.807) is 46.8 Å². The Labute approximate surface area is 197 Å². The summed E-state index contributed by atoms with van der Waals surface area (Å²) < 4.78 is 2.76. The quantitative estimate of drug-likeness (QED) is 0.168. The number of aryl methyl sites for hydroxylation is 1. The average molecular weight is 491 g/mol. The molecule has 0 fully saturated rings. The summed E-state index contributed by atoms with van der Waals surface area (Å²) in [5.74, 6) is 0. The second-order valence-electron chi connectivity index (χ2n) is 6.71. The van der Waals surface area contributed by atoms with E-state index in [1.165, 1.54) is 17.4 Å². The summed E-state index contributed by atoms with van der Waals surface area (Å²) in [6.07, 6.45) is 4.30. The highest BCUT2D eigenvalue weighted by molar-refractivity contribution is 8.00. The van der Waals surface area contributed by atoms with Gasteiger partial charge >= 0.3 is 0 Å². The van der Waals surface area contributed by atoms with Crippen LogP contribution in [0, 0.1) is 17.0 Å². The maximum Gasteiger partial charge on any atom is 0.272 e. The zero-order valence-corrected chi connectivity index (χ0v) is 19.6. The molecule has 4 rings (SSSR count). The molecule has 0 aliphatic rings. The number of thiazole rings is 1. The molecular weight excluding hydrogens is 475 g/mol. The molecule has 0 aliphatic carbocycles. The van der Waals surface area contributed by atoms with Gasteiger partial charge in [-0.15, -0.1) is 11.8 Å². The lowest BCUT2D eigenvalue weighted by Gasteiger charge is -2.02. The smallest absolute Gasteiger partial charge is 0.258 e. The number of nitrogens with zero attached hydrogens (tertiary/aromatic N) is 4. The number of thioether (sulfide) groups is 1. The Hall–Kier alpha value is -2.39. The first kappa shape index (κ1) is 21.8. The van der Waals surface area contributed by atoms with Gasteiger partial charge in [-0.2, -0.15) is 5.10 Å². The van der Waals surface area contributed by atoms with Gasteiger partial charge in [-0.05, 0) is 30.9 Å².